The van der Waals surface area contributed by atoms with E-state index in [1.807, 2.05) is 0 Å². The standard InChI is InChI=1S/C14H26N2O/c1-2-12-5-4-9-16(10-7-12)14(17)13-6-3-8-15-11-13/h12-13,15H,2-11H2,1H3/t12?,13-/m1/s1. The van der Waals surface area contributed by atoms with Crippen LogP contribution in [0.5, 0.6) is 0 Å². The third kappa shape index (κ3) is 3.44. The van der Waals surface area contributed by atoms with Crippen molar-refractivity contribution in [3.63, 3.8) is 0 Å². The average Bonchev–Trinajstić information content (AvgIpc) is 2.64. The van der Waals surface area contributed by atoms with Crippen LogP contribution in [0.3, 0.4) is 0 Å². The predicted molar refractivity (Wildman–Crippen MR) is 69.8 cm³/mol. The van der Waals surface area contributed by atoms with E-state index in [1.54, 1.807) is 0 Å². The fourth-order valence-corrected chi connectivity index (χ4v) is 3.11. The first-order valence-electron chi connectivity index (χ1n) is 7.30. The molecule has 17 heavy (non-hydrogen) atoms. The molecule has 2 heterocycles. The van der Waals surface area contributed by atoms with Crippen molar-refractivity contribution >= 4 is 5.91 Å². The molecule has 1 N–H and O–H groups in total. The van der Waals surface area contributed by atoms with E-state index in [2.05, 4.69) is 17.1 Å². The molecule has 98 valence electrons. The normalized spacial score (nSPS) is 31.0. The number of carbonyl (C=O) groups is 1. The van der Waals surface area contributed by atoms with Crippen molar-refractivity contribution in [1.29, 1.82) is 0 Å². The number of amides is 1. The molecule has 0 spiro atoms. The zero-order valence-electron chi connectivity index (χ0n) is 11.1. The summed E-state index contributed by atoms with van der Waals surface area (Å²) in [7, 11) is 0. The molecule has 2 rings (SSSR count). The van der Waals surface area contributed by atoms with Gasteiger partial charge in [0.2, 0.25) is 5.91 Å². The van der Waals surface area contributed by atoms with E-state index in [9.17, 15) is 4.79 Å². The smallest absolute Gasteiger partial charge is 0.226 e. The van der Waals surface area contributed by atoms with Crippen LogP contribution in [0.1, 0.15) is 45.4 Å². The molecule has 2 aliphatic rings. The lowest BCUT2D eigenvalue weighted by Gasteiger charge is -2.28. The zero-order chi connectivity index (χ0) is 12.1. The number of hydrogen-bond acceptors (Lipinski definition) is 2. The van der Waals surface area contributed by atoms with Gasteiger partial charge in [0, 0.05) is 19.6 Å². The van der Waals surface area contributed by atoms with Gasteiger partial charge in [-0.1, -0.05) is 13.3 Å². The van der Waals surface area contributed by atoms with Crippen LogP contribution in [-0.4, -0.2) is 37.0 Å². The molecule has 2 fully saturated rings. The van der Waals surface area contributed by atoms with Gasteiger partial charge in [-0.25, -0.2) is 0 Å². The van der Waals surface area contributed by atoms with E-state index >= 15 is 0 Å². The number of rotatable bonds is 2. The number of likely N-dealkylation sites (tertiary alicyclic amines) is 1. The highest BCUT2D eigenvalue weighted by Gasteiger charge is 2.27. The minimum absolute atomic E-state index is 0.252. The molecule has 2 aliphatic heterocycles. The summed E-state index contributed by atoms with van der Waals surface area (Å²) in [6, 6.07) is 0. The number of hydrogen-bond donors (Lipinski definition) is 1. The quantitative estimate of drug-likeness (QED) is 0.798. The topological polar surface area (TPSA) is 32.3 Å². The minimum atomic E-state index is 0.252. The fraction of sp³-hybridized carbons (Fsp3) is 0.929. The molecule has 0 aliphatic carbocycles. The molecule has 3 heteroatoms. The Morgan fingerprint density at radius 1 is 1.24 bits per heavy atom. The van der Waals surface area contributed by atoms with Crippen LogP contribution < -0.4 is 5.32 Å². The van der Waals surface area contributed by atoms with Gasteiger partial charge in [-0.3, -0.25) is 4.79 Å². The molecule has 2 saturated heterocycles. The maximum absolute atomic E-state index is 12.4. The number of nitrogens with one attached hydrogen (secondary N) is 1. The summed E-state index contributed by atoms with van der Waals surface area (Å²) in [5.74, 6) is 1.51. The Hall–Kier alpha value is -0.570. The third-order valence-electron chi connectivity index (χ3n) is 4.38. The highest BCUT2D eigenvalue weighted by atomic mass is 16.2. The summed E-state index contributed by atoms with van der Waals surface area (Å²) in [5, 5.41) is 3.34. The van der Waals surface area contributed by atoms with Gasteiger partial charge in [-0.15, -0.1) is 0 Å². The largest absolute Gasteiger partial charge is 0.342 e. The number of carbonyl (C=O) groups excluding carboxylic acids is 1. The Bertz CT molecular complexity index is 249. The van der Waals surface area contributed by atoms with Crippen LogP contribution in [-0.2, 0) is 4.79 Å². The molecular weight excluding hydrogens is 212 g/mol. The maximum atomic E-state index is 12.4. The van der Waals surface area contributed by atoms with Gasteiger partial charge < -0.3 is 10.2 Å². The second-order valence-corrected chi connectivity index (χ2v) is 5.57. The van der Waals surface area contributed by atoms with Crippen LogP contribution >= 0.6 is 0 Å². The third-order valence-corrected chi connectivity index (χ3v) is 4.38. The SMILES string of the molecule is CCC1CCCN(C(=O)[C@@H]2CCCNC2)CC1. The van der Waals surface area contributed by atoms with E-state index in [-0.39, 0.29) is 5.92 Å². The van der Waals surface area contributed by atoms with Crippen LogP contribution in [0.15, 0.2) is 0 Å². The van der Waals surface area contributed by atoms with Gasteiger partial charge in [0.25, 0.3) is 0 Å². The average molecular weight is 238 g/mol. The Kier molecular flexibility index (Phi) is 4.84. The molecule has 0 radical (unpaired) electrons. The Morgan fingerprint density at radius 2 is 2.12 bits per heavy atom. The highest BCUT2D eigenvalue weighted by molar-refractivity contribution is 5.79. The van der Waals surface area contributed by atoms with Gasteiger partial charge in [0.15, 0.2) is 0 Å². The van der Waals surface area contributed by atoms with Crippen molar-refractivity contribution in [2.24, 2.45) is 11.8 Å². The van der Waals surface area contributed by atoms with Crippen LogP contribution in [0, 0.1) is 11.8 Å². The molecule has 0 saturated carbocycles. The molecular formula is C14H26N2O. The van der Waals surface area contributed by atoms with Crippen molar-refractivity contribution in [2.45, 2.75) is 45.4 Å². The first-order chi connectivity index (χ1) is 8.31. The molecule has 3 nitrogen and oxygen atoms in total. The first-order valence-corrected chi connectivity index (χ1v) is 7.30. The van der Waals surface area contributed by atoms with Crippen LogP contribution in [0.25, 0.3) is 0 Å². The summed E-state index contributed by atoms with van der Waals surface area (Å²) in [4.78, 5) is 14.5. The first kappa shape index (κ1) is 12.9. The Morgan fingerprint density at radius 3 is 2.82 bits per heavy atom. The van der Waals surface area contributed by atoms with Crippen LogP contribution in [0.2, 0.25) is 0 Å². The monoisotopic (exact) mass is 238 g/mol. The van der Waals surface area contributed by atoms with Gasteiger partial charge in [-0.2, -0.15) is 0 Å². The molecule has 1 amide bonds. The maximum Gasteiger partial charge on any atom is 0.226 e. The van der Waals surface area contributed by atoms with Crippen molar-refractivity contribution in [3.8, 4) is 0 Å². The number of piperidine rings is 1. The molecule has 0 aromatic carbocycles. The second-order valence-electron chi connectivity index (χ2n) is 5.57. The predicted octanol–water partition coefficient (Wildman–Crippen LogP) is 2.02. The lowest BCUT2D eigenvalue weighted by Crippen LogP contribution is -2.43. The molecule has 1 unspecified atom stereocenters. The van der Waals surface area contributed by atoms with Gasteiger partial charge in [0.05, 0.1) is 5.92 Å². The Labute approximate surface area is 105 Å². The molecule has 0 aromatic rings. The van der Waals surface area contributed by atoms with E-state index in [0.717, 1.165) is 44.9 Å². The summed E-state index contributed by atoms with van der Waals surface area (Å²) >= 11 is 0. The lowest BCUT2D eigenvalue weighted by molar-refractivity contribution is -0.136. The number of nitrogens with zero attached hydrogens (tertiary/aromatic N) is 1. The van der Waals surface area contributed by atoms with Gasteiger partial charge in [0.1, 0.15) is 0 Å². The van der Waals surface area contributed by atoms with Gasteiger partial charge >= 0.3 is 0 Å². The zero-order valence-corrected chi connectivity index (χ0v) is 11.1. The molecule has 2 atom stereocenters. The van der Waals surface area contributed by atoms with Crippen molar-refractivity contribution < 1.29 is 4.79 Å². The van der Waals surface area contributed by atoms with Crippen molar-refractivity contribution in [1.82, 2.24) is 10.2 Å². The summed E-state index contributed by atoms with van der Waals surface area (Å²) in [5.41, 5.74) is 0. The fourth-order valence-electron chi connectivity index (χ4n) is 3.11. The van der Waals surface area contributed by atoms with E-state index in [0.29, 0.717) is 5.91 Å². The molecule has 0 bridgehead atoms. The summed E-state index contributed by atoms with van der Waals surface area (Å²) < 4.78 is 0. The van der Waals surface area contributed by atoms with Crippen molar-refractivity contribution in [2.75, 3.05) is 26.2 Å². The summed E-state index contributed by atoms with van der Waals surface area (Å²) in [6.45, 7) is 6.24. The minimum Gasteiger partial charge on any atom is -0.342 e. The van der Waals surface area contributed by atoms with E-state index in [1.165, 1.54) is 25.7 Å². The molecule has 0 aromatic heterocycles. The highest BCUT2D eigenvalue weighted by Crippen LogP contribution is 2.22. The van der Waals surface area contributed by atoms with Crippen LogP contribution in [0.4, 0.5) is 0 Å². The van der Waals surface area contributed by atoms with E-state index < -0.39 is 0 Å². The Balaban J connectivity index is 1.85. The van der Waals surface area contributed by atoms with Crippen molar-refractivity contribution in [3.05, 3.63) is 0 Å². The van der Waals surface area contributed by atoms with Gasteiger partial charge in [-0.05, 0) is 44.6 Å². The second kappa shape index (κ2) is 6.39. The van der Waals surface area contributed by atoms with E-state index in [4.69, 9.17) is 0 Å². The summed E-state index contributed by atoms with van der Waals surface area (Å²) in [6.07, 6.45) is 7.23. The lowest BCUT2D eigenvalue weighted by atomic mass is 9.97.